The molecule has 1 saturated heterocycles. The van der Waals surface area contributed by atoms with E-state index in [0.717, 1.165) is 11.6 Å². The van der Waals surface area contributed by atoms with Crippen molar-refractivity contribution in [2.75, 3.05) is 23.7 Å². The van der Waals surface area contributed by atoms with Crippen LogP contribution in [0.3, 0.4) is 0 Å². The first-order chi connectivity index (χ1) is 19.4. The Hall–Kier alpha value is -4.61. The van der Waals surface area contributed by atoms with Crippen LogP contribution in [0.25, 0.3) is 28.0 Å². The number of carbonyl (C=O) groups is 1. The van der Waals surface area contributed by atoms with Crippen LogP contribution in [0.15, 0.2) is 41.3 Å². The number of fused-ring (bicyclic) bond motifs is 1. The third-order valence-electron chi connectivity index (χ3n) is 7.51. The third kappa shape index (κ3) is 4.72. The van der Waals surface area contributed by atoms with Gasteiger partial charge >= 0.3 is 11.8 Å². The van der Waals surface area contributed by atoms with Gasteiger partial charge in [-0.05, 0) is 56.5 Å². The number of nitrogens with zero attached hydrogens (tertiary/aromatic N) is 6. The number of anilines is 2. The van der Waals surface area contributed by atoms with Gasteiger partial charge in [-0.25, -0.2) is 27.9 Å². The Bertz CT molecular complexity index is 1720. The Labute approximate surface area is 235 Å². The van der Waals surface area contributed by atoms with Crippen molar-refractivity contribution in [3.63, 3.8) is 0 Å². The second-order valence-electron chi connectivity index (χ2n) is 10.7. The molecule has 1 fully saturated rings. The standard InChI is InChI=1S/C29H31F2N7O3/c1-14(2)23-25(15(3)9-10-33-23)38-27-18(11-20(31)24(34-27)22-19(30)7-6-8-21(22)32)26(35-28(38)39)36-12-17(5)37(29(40)41)13-16(36)4/h6-11,14,16-17H,12-13,32H2,1-5H3,(H,40,41). The van der Waals surface area contributed by atoms with E-state index in [1.54, 1.807) is 31.0 Å². The molecule has 0 spiro atoms. The van der Waals surface area contributed by atoms with Gasteiger partial charge in [-0.3, -0.25) is 4.98 Å². The molecule has 2 atom stereocenters. The molecule has 3 N–H and O–H groups in total. The van der Waals surface area contributed by atoms with Crippen molar-refractivity contribution in [1.29, 1.82) is 0 Å². The molecule has 3 aromatic heterocycles. The summed E-state index contributed by atoms with van der Waals surface area (Å²) >= 11 is 0. The van der Waals surface area contributed by atoms with Gasteiger partial charge in [-0.1, -0.05) is 19.9 Å². The van der Waals surface area contributed by atoms with E-state index in [9.17, 15) is 19.1 Å². The first kappa shape index (κ1) is 27.9. The molecule has 1 aliphatic rings. The molecule has 1 aliphatic heterocycles. The summed E-state index contributed by atoms with van der Waals surface area (Å²) in [7, 11) is 0. The normalized spacial score (nSPS) is 17.5. The maximum absolute atomic E-state index is 15.9. The van der Waals surface area contributed by atoms with Crippen LogP contribution in [-0.4, -0.2) is 60.8 Å². The summed E-state index contributed by atoms with van der Waals surface area (Å²) < 4.78 is 32.1. The number of halogens is 2. The number of rotatable bonds is 4. The molecule has 0 saturated carbocycles. The molecule has 0 bridgehead atoms. The monoisotopic (exact) mass is 563 g/mol. The minimum Gasteiger partial charge on any atom is -0.465 e. The van der Waals surface area contributed by atoms with Crippen LogP contribution in [0.1, 0.15) is 44.9 Å². The minimum absolute atomic E-state index is 0.00778. The van der Waals surface area contributed by atoms with Crippen LogP contribution in [0.4, 0.5) is 25.1 Å². The van der Waals surface area contributed by atoms with Crippen LogP contribution in [0, 0.1) is 18.6 Å². The molecule has 4 heterocycles. The molecule has 4 aromatic rings. The van der Waals surface area contributed by atoms with Crippen LogP contribution in [-0.2, 0) is 0 Å². The molecule has 0 radical (unpaired) electrons. The average Bonchev–Trinajstić information content (AvgIpc) is 2.90. The first-order valence-electron chi connectivity index (χ1n) is 13.3. The van der Waals surface area contributed by atoms with Gasteiger partial charge in [0.1, 0.15) is 17.3 Å². The molecule has 10 nitrogen and oxygen atoms in total. The lowest BCUT2D eigenvalue weighted by molar-refractivity contribution is 0.114. The Morgan fingerprint density at radius 1 is 1.10 bits per heavy atom. The van der Waals surface area contributed by atoms with Gasteiger partial charge in [0.25, 0.3) is 0 Å². The van der Waals surface area contributed by atoms with Gasteiger partial charge in [0, 0.05) is 37.1 Å². The Kier molecular flexibility index (Phi) is 7.10. The SMILES string of the molecule is Cc1ccnc(C(C)C)c1-n1c(=O)nc(N2CC(C)N(C(=O)O)CC2C)c2cc(F)c(-c3c(N)cccc3F)nc21. The van der Waals surface area contributed by atoms with Crippen molar-refractivity contribution < 1.29 is 18.7 Å². The van der Waals surface area contributed by atoms with E-state index in [4.69, 9.17) is 5.73 Å². The second kappa shape index (κ2) is 10.4. The summed E-state index contributed by atoms with van der Waals surface area (Å²) in [4.78, 5) is 42.2. The maximum Gasteiger partial charge on any atom is 0.407 e. The number of hydrogen-bond donors (Lipinski definition) is 2. The van der Waals surface area contributed by atoms with E-state index in [2.05, 4.69) is 15.0 Å². The number of nitrogen functional groups attached to an aromatic ring is 1. The zero-order valence-electron chi connectivity index (χ0n) is 23.4. The fourth-order valence-electron chi connectivity index (χ4n) is 5.47. The molecule has 214 valence electrons. The largest absolute Gasteiger partial charge is 0.465 e. The van der Waals surface area contributed by atoms with Crippen molar-refractivity contribution in [3.8, 4) is 16.9 Å². The Balaban J connectivity index is 1.87. The summed E-state index contributed by atoms with van der Waals surface area (Å²) in [6, 6.07) is 6.15. The van der Waals surface area contributed by atoms with Crippen molar-refractivity contribution in [1.82, 2.24) is 24.4 Å². The van der Waals surface area contributed by atoms with Crippen LogP contribution in [0.2, 0.25) is 0 Å². The third-order valence-corrected chi connectivity index (χ3v) is 7.51. The molecule has 1 amide bonds. The molecule has 2 unspecified atom stereocenters. The Morgan fingerprint density at radius 2 is 1.83 bits per heavy atom. The molecule has 41 heavy (non-hydrogen) atoms. The molecule has 12 heteroatoms. The number of aryl methyl sites for hydroxylation is 1. The quantitative estimate of drug-likeness (QED) is 0.342. The second-order valence-corrected chi connectivity index (χ2v) is 10.7. The smallest absolute Gasteiger partial charge is 0.407 e. The summed E-state index contributed by atoms with van der Waals surface area (Å²) in [5, 5.41) is 9.82. The number of benzene rings is 1. The Morgan fingerprint density at radius 3 is 2.49 bits per heavy atom. The predicted molar refractivity (Wildman–Crippen MR) is 153 cm³/mol. The highest BCUT2D eigenvalue weighted by atomic mass is 19.1. The zero-order chi connectivity index (χ0) is 29.7. The zero-order valence-corrected chi connectivity index (χ0v) is 23.4. The van der Waals surface area contributed by atoms with E-state index in [1.807, 2.05) is 20.8 Å². The lowest BCUT2D eigenvalue weighted by atomic mass is 10.0. The van der Waals surface area contributed by atoms with Crippen molar-refractivity contribution in [2.45, 2.75) is 52.6 Å². The number of nitrogens with two attached hydrogens (primary N) is 1. The summed E-state index contributed by atoms with van der Waals surface area (Å²) in [6.45, 7) is 9.62. The van der Waals surface area contributed by atoms with E-state index in [1.165, 1.54) is 27.7 Å². The first-order valence-corrected chi connectivity index (χ1v) is 13.3. The van der Waals surface area contributed by atoms with Crippen molar-refractivity contribution in [2.24, 2.45) is 0 Å². The number of piperazine rings is 1. The van der Waals surface area contributed by atoms with E-state index in [-0.39, 0.29) is 58.8 Å². The van der Waals surface area contributed by atoms with Crippen LogP contribution < -0.4 is 16.3 Å². The summed E-state index contributed by atoms with van der Waals surface area (Å²) in [6.07, 6.45) is 0.595. The van der Waals surface area contributed by atoms with E-state index < -0.39 is 29.5 Å². The molecule has 0 aliphatic carbocycles. The highest BCUT2D eigenvalue weighted by Crippen LogP contribution is 2.36. The molecular weight excluding hydrogens is 532 g/mol. The minimum atomic E-state index is -1.05. The number of carboxylic acid groups (broad SMARTS) is 1. The van der Waals surface area contributed by atoms with Gasteiger partial charge in [-0.2, -0.15) is 4.98 Å². The molecule has 5 rings (SSSR count). The van der Waals surface area contributed by atoms with Gasteiger partial charge in [0.2, 0.25) is 0 Å². The number of aromatic nitrogens is 4. The number of pyridine rings is 2. The molecule has 1 aromatic carbocycles. The van der Waals surface area contributed by atoms with Crippen LogP contribution in [0.5, 0.6) is 0 Å². The lowest BCUT2D eigenvalue weighted by Crippen LogP contribution is -2.58. The highest BCUT2D eigenvalue weighted by molar-refractivity contribution is 5.91. The summed E-state index contributed by atoms with van der Waals surface area (Å²) in [5.74, 6) is -1.53. The fraction of sp³-hybridized carbons (Fsp3) is 0.345. The van der Waals surface area contributed by atoms with Gasteiger partial charge in [-0.15, -0.1) is 0 Å². The maximum atomic E-state index is 15.9. The highest BCUT2D eigenvalue weighted by Gasteiger charge is 2.35. The van der Waals surface area contributed by atoms with Crippen molar-refractivity contribution in [3.05, 3.63) is 69.9 Å². The lowest BCUT2D eigenvalue weighted by Gasteiger charge is -2.43. The number of hydrogen-bond acceptors (Lipinski definition) is 7. The van der Waals surface area contributed by atoms with Crippen molar-refractivity contribution >= 4 is 28.6 Å². The van der Waals surface area contributed by atoms with Gasteiger partial charge in [0.15, 0.2) is 11.5 Å². The predicted octanol–water partition coefficient (Wildman–Crippen LogP) is 4.71. The number of amides is 1. The van der Waals surface area contributed by atoms with Crippen LogP contribution >= 0.6 is 0 Å². The average molecular weight is 564 g/mol. The topological polar surface area (TPSA) is 130 Å². The summed E-state index contributed by atoms with van der Waals surface area (Å²) in [5.41, 5.74) is 6.64. The van der Waals surface area contributed by atoms with E-state index >= 15 is 4.39 Å². The fourth-order valence-corrected chi connectivity index (χ4v) is 5.47. The van der Waals surface area contributed by atoms with Gasteiger partial charge < -0.3 is 20.6 Å². The van der Waals surface area contributed by atoms with Gasteiger partial charge in [0.05, 0.1) is 22.3 Å². The molecular formula is C29H31F2N7O3. The van der Waals surface area contributed by atoms with E-state index in [0.29, 0.717) is 11.4 Å².